The van der Waals surface area contributed by atoms with Gasteiger partial charge in [0.15, 0.2) is 0 Å². The van der Waals surface area contributed by atoms with Gasteiger partial charge in [0, 0.05) is 11.2 Å². The highest BCUT2D eigenvalue weighted by molar-refractivity contribution is 7.13. The smallest absolute Gasteiger partial charge is 0.271 e. The maximum absolute atomic E-state index is 12.0. The van der Waals surface area contributed by atoms with E-state index in [9.17, 15) is 9.59 Å². The Morgan fingerprint density at radius 2 is 2.12 bits per heavy atom. The zero-order valence-corrected chi connectivity index (χ0v) is 9.43. The first kappa shape index (κ1) is 9.62. The molecule has 3 rings (SSSR count). The van der Waals surface area contributed by atoms with Crippen LogP contribution in [0.25, 0.3) is 15.6 Å². The lowest BCUT2D eigenvalue weighted by molar-refractivity contribution is 1.12. The molecule has 6 heteroatoms. The predicted octanol–water partition coefficient (Wildman–Crippen LogP) is 1.86. The molecule has 0 saturated carbocycles. The molecule has 3 aromatic rings. The summed E-state index contributed by atoms with van der Waals surface area (Å²) in [5, 5.41) is 0.756. The van der Waals surface area contributed by atoms with Crippen LogP contribution in [0.5, 0.6) is 0 Å². The second kappa shape index (κ2) is 3.20. The molecule has 4 nitrogen and oxygen atoms in total. The minimum atomic E-state index is -0.339. The van der Waals surface area contributed by atoms with Gasteiger partial charge in [-0.25, -0.2) is 0 Å². The molecule has 0 fully saturated rings. The molecular formula is C10H5ClN2O2S. The summed E-state index contributed by atoms with van der Waals surface area (Å²) in [6.07, 6.45) is 1.57. The maximum atomic E-state index is 12.0. The number of hydrogen-bond acceptors (Lipinski definition) is 3. The summed E-state index contributed by atoms with van der Waals surface area (Å²) in [6.45, 7) is 0. The van der Waals surface area contributed by atoms with Crippen LogP contribution in [-0.4, -0.2) is 8.77 Å². The van der Waals surface area contributed by atoms with Crippen LogP contribution in [0.3, 0.4) is 0 Å². The monoisotopic (exact) mass is 252 g/mol. The molecule has 0 amide bonds. The average molecular weight is 253 g/mol. The first-order valence-corrected chi connectivity index (χ1v) is 5.68. The maximum Gasteiger partial charge on any atom is 0.271 e. The van der Waals surface area contributed by atoms with Gasteiger partial charge in [0.2, 0.25) is 0 Å². The van der Waals surface area contributed by atoms with Crippen LogP contribution in [0.2, 0.25) is 5.02 Å². The number of hydrogen-bond donors (Lipinski definition) is 1. The van der Waals surface area contributed by atoms with E-state index in [1.165, 1.54) is 4.40 Å². The first-order chi connectivity index (χ1) is 7.66. The van der Waals surface area contributed by atoms with Gasteiger partial charge in [0.05, 0.1) is 10.2 Å². The summed E-state index contributed by atoms with van der Waals surface area (Å²) in [5.74, 6) is 0. The molecule has 16 heavy (non-hydrogen) atoms. The van der Waals surface area contributed by atoms with E-state index in [1.54, 1.807) is 24.4 Å². The summed E-state index contributed by atoms with van der Waals surface area (Å²) >= 11 is 7.00. The zero-order valence-electron chi connectivity index (χ0n) is 7.86. The van der Waals surface area contributed by atoms with E-state index in [0.29, 0.717) is 15.2 Å². The largest absolute Gasteiger partial charge is 0.283 e. The highest BCUT2D eigenvalue weighted by atomic mass is 35.5. The number of fused-ring (bicyclic) bond motifs is 2. The van der Waals surface area contributed by atoms with Gasteiger partial charge in [-0.05, 0) is 18.2 Å². The van der Waals surface area contributed by atoms with E-state index in [2.05, 4.69) is 4.37 Å². The van der Waals surface area contributed by atoms with Crippen LogP contribution in [0.4, 0.5) is 0 Å². The van der Waals surface area contributed by atoms with E-state index < -0.39 is 0 Å². The summed E-state index contributed by atoms with van der Waals surface area (Å²) in [4.78, 5) is 23.4. The van der Waals surface area contributed by atoms with Gasteiger partial charge >= 0.3 is 0 Å². The van der Waals surface area contributed by atoms with Crippen LogP contribution in [-0.2, 0) is 0 Å². The van der Waals surface area contributed by atoms with Crippen molar-refractivity contribution >= 4 is 38.7 Å². The van der Waals surface area contributed by atoms with Crippen LogP contribution in [0.1, 0.15) is 0 Å². The fourth-order valence-corrected chi connectivity index (χ4v) is 2.60. The van der Waals surface area contributed by atoms with Gasteiger partial charge < -0.3 is 0 Å². The fourth-order valence-electron chi connectivity index (χ4n) is 1.66. The molecule has 0 spiro atoms. The summed E-state index contributed by atoms with van der Waals surface area (Å²) in [6, 6.07) is 5.07. The Labute approximate surface area is 97.9 Å². The van der Waals surface area contributed by atoms with Crippen LogP contribution in [0.15, 0.2) is 34.0 Å². The highest BCUT2D eigenvalue weighted by Gasteiger charge is 2.09. The van der Waals surface area contributed by atoms with E-state index >= 15 is 0 Å². The van der Waals surface area contributed by atoms with Gasteiger partial charge in [-0.2, -0.15) is 0 Å². The summed E-state index contributed by atoms with van der Waals surface area (Å²) in [7, 11) is 0. The fraction of sp³-hybridized carbons (Fsp3) is 0. The molecule has 3 aromatic heterocycles. The number of H-pyrrole nitrogens is 1. The third kappa shape index (κ3) is 1.22. The van der Waals surface area contributed by atoms with Crippen molar-refractivity contribution in [1.29, 1.82) is 0 Å². The highest BCUT2D eigenvalue weighted by Crippen LogP contribution is 2.16. The Balaban J connectivity index is 2.68. The second-order valence-electron chi connectivity index (χ2n) is 3.36. The van der Waals surface area contributed by atoms with E-state index in [0.717, 1.165) is 11.5 Å². The van der Waals surface area contributed by atoms with Crippen molar-refractivity contribution in [3.63, 3.8) is 0 Å². The van der Waals surface area contributed by atoms with Crippen LogP contribution < -0.4 is 11.1 Å². The Morgan fingerprint density at radius 1 is 1.31 bits per heavy atom. The molecule has 0 unspecified atom stereocenters. The van der Waals surface area contributed by atoms with Crippen molar-refractivity contribution in [2.45, 2.75) is 0 Å². The summed E-state index contributed by atoms with van der Waals surface area (Å²) < 4.78 is 4.61. The Hall–Kier alpha value is -1.59. The van der Waals surface area contributed by atoms with Crippen molar-refractivity contribution in [2.75, 3.05) is 0 Å². The standard InChI is InChI=1S/C10H5ClN2O2S/c11-5-1-2-13-6(3-5)4-7-8(10(13)15)9(14)12-16-7/h1-4H,(H,12,14). The molecule has 80 valence electrons. The molecule has 0 aromatic carbocycles. The molecule has 0 saturated heterocycles. The second-order valence-corrected chi connectivity index (χ2v) is 4.65. The van der Waals surface area contributed by atoms with Crippen molar-refractivity contribution in [1.82, 2.24) is 8.77 Å². The number of aromatic amines is 1. The first-order valence-electron chi connectivity index (χ1n) is 4.49. The molecule has 0 radical (unpaired) electrons. The molecule has 0 aliphatic carbocycles. The molecular weight excluding hydrogens is 248 g/mol. The van der Waals surface area contributed by atoms with Crippen molar-refractivity contribution in [3.05, 3.63) is 50.1 Å². The minimum absolute atomic E-state index is 0.199. The Kier molecular flexibility index (Phi) is 1.92. The van der Waals surface area contributed by atoms with Crippen molar-refractivity contribution < 1.29 is 0 Å². The quantitative estimate of drug-likeness (QED) is 0.664. The number of rotatable bonds is 0. The minimum Gasteiger partial charge on any atom is -0.283 e. The molecule has 0 aliphatic rings. The lowest BCUT2D eigenvalue weighted by atomic mass is 10.3. The number of nitrogens with zero attached hydrogens (tertiary/aromatic N) is 1. The molecule has 1 N–H and O–H groups in total. The number of halogens is 1. The van der Waals surface area contributed by atoms with Gasteiger partial charge in [-0.1, -0.05) is 23.1 Å². The van der Waals surface area contributed by atoms with Gasteiger partial charge in [-0.3, -0.25) is 18.4 Å². The van der Waals surface area contributed by atoms with Crippen LogP contribution in [0, 0.1) is 0 Å². The Bertz CT molecular complexity index is 815. The lowest BCUT2D eigenvalue weighted by Gasteiger charge is -2.00. The Morgan fingerprint density at radius 3 is 2.94 bits per heavy atom. The van der Waals surface area contributed by atoms with Gasteiger partial charge in [-0.15, -0.1) is 0 Å². The van der Waals surface area contributed by atoms with Gasteiger partial charge in [0.1, 0.15) is 5.39 Å². The van der Waals surface area contributed by atoms with E-state index in [1.807, 2.05) is 0 Å². The van der Waals surface area contributed by atoms with Gasteiger partial charge in [0.25, 0.3) is 11.1 Å². The zero-order chi connectivity index (χ0) is 11.3. The van der Waals surface area contributed by atoms with E-state index in [4.69, 9.17) is 11.6 Å². The molecule has 0 aliphatic heterocycles. The third-order valence-electron chi connectivity index (χ3n) is 2.39. The predicted molar refractivity (Wildman–Crippen MR) is 64.7 cm³/mol. The van der Waals surface area contributed by atoms with Crippen molar-refractivity contribution in [3.8, 4) is 0 Å². The van der Waals surface area contributed by atoms with Crippen molar-refractivity contribution in [2.24, 2.45) is 0 Å². The third-order valence-corrected chi connectivity index (χ3v) is 3.45. The van der Waals surface area contributed by atoms with Crippen LogP contribution >= 0.6 is 23.1 Å². The lowest BCUT2D eigenvalue weighted by Crippen LogP contribution is -2.17. The SMILES string of the molecule is O=c1[nH]sc2cc3cc(Cl)ccn3c(=O)c12. The molecule has 0 atom stereocenters. The molecule has 0 bridgehead atoms. The van der Waals surface area contributed by atoms with E-state index in [-0.39, 0.29) is 16.5 Å². The topological polar surface area (TPSA) is 54.3 Å². The normalized spacial score (nSPS) is 11.3. The number of pyridine rings is 2. The average Bonchev–Trinajstić information content (AvgIpc) is 2.60. The molecule has 3 heterocycles. The number of aromatic nitrogens is 2. The summed E-state index contributed by atoms with van der Waals surface area (Å²) in [5.41, 5.74) is 0.0290. The number of nitrogens with one attached hydrogen (secondary N) is 1.